The first-order valence-electron chi connectivity index (χ1n) is 11.1. The highest BCUT2D eigenvalue weighted by atomic mass is 16.2. The third-order valence-electron chi connectivity index (χ3n) is 5.95. The van der Waals surface area contributed by atoms with E-state index >= 15 is 0 Å². The first kappa shape index (κ1) is 22.3. The molecule has 168 valence electrons. The maximum Gasteiger partial charge on any atom is 0.254 e. The Hall–Kier alpha value is -3.93. The van der Waals surface area contributed by atoms with Gasteiger partial charge in [0.05, 0.1) is 6.54 Å². The Balaban J connectivity index is 1.26. The number of aryl methyl sites for hydroxylation is 1. The summed E-state index contributed by atoms with van der Waals surface area (Å²) in [4.78, 5) is 41.3. The lowest BCUT2D eigenvalue weighted by Crippen LogP contribution is -2.52. The van der Waals surface area contributed by atoms with Crippen LogP contribution < -0.4 is 5.32 Å². The summed E-state index contributed by atoms with van der Waals surface area (Å²) in [6.07, 6.45) is 0. The fraction of sp³-hybridized carbons (Fsp3) is 0.222. The van der Waals surface area contributed by atoms with Gasteiger partial charge in [0.2, 0.25) is 5.91 Å². The maximum absolute atomic E-state index is 12.7. The van der Waals surface area contributed by atoms with Crippen LogP contribution in [-0.2, 0) is 4.79 Å². The Morgan fingerprint density at radius 3 is 1.97 bits per heavy atom. The molecule has 6 heteroatoms. The van der Waals surface area contributed by atoms with E-state index < -0.39 is 0 Å². The Labute approximate surface area is 193 Å². The normalized spacial score (nSPS) is 13.5. The molecule has 3 amide bonds. The molecule has 4 rings (SSSR count). The Morgan fingerprint density at radius 2 is 1.30 bits per heavy atom. The highest BCUT2D eigenvalue weighted by Crippen LogP contribution is 2.19. The molecule has 1 N–H and O–H groups in total. The van der Waals surface area contributed by atoms with Crippen molar-refractivity contribution in [1.29, 1.82) is 0 Å². The standard InChI is InChI=1S/C27H27N3O3/c1-20-7-5-6-10-24(20)27(33)30-17-15-29(16-18-30)25(31)19-28-26(32)23-13-11-22(12-14-23)21-8-3-2-4-9-21/h2-14H,15-19H2,1H3,(H,28,32). The third kappa shape index (κ3) is 5.29. The van der Waals surface area contributed by atoms with Crippen LogP contribution in [-0.4, -0.2) is 60.2 Å². The van der Waals surface area contributed by atoms with Crippen molar-refractivity contribution in [2.75, 3.05) is 32.7 Å². The monoisotopic (exact) mass is 441 g/mol. The van der Waals surface area contributed by atoms with E-state index in [1.165, 1.54) is 0 Å². The number of hydrogen-bond acceptors (Lipinski definition) is 3. The van der Waals surface area contributed by atoms with Gasteiger partial charge in [-0.1, -0.05) is 60.7 Å². The van der Waals surface area contributed by atoms with Crippen molar-refractivity contribution < 1.29 is 14.4 Å². The quantitative estimate of drug-likeness (QED) is 0.660. The summed E-state index contributed by atoms with van der Waals surface area (Å²) in [5.41, 5.74) is 4.26. The van der Waals surface area contributed by atoms with Gasteiger partial charge in [-0.2, -0.15) is 0 Å². The fourth-order valence-electron chi connectivity index (χ4n) is 3.96. The zero-order valence-corrected chi connectivity index (χ0v) is 18.7. The van der Waals surface area contributed by atoms with Gasteiger partial charge in [-0.15, -0.1) is 0 Å². The topological polar surface area (TPSA) is 69.7 Å². The van der Waals surface area contributed by atoms with Crippen LogP contribution in [0, 0.1) is 6.92 Å². The summed E-state index contributed by atoms with van der Waals surface area (Å²) in [5, 5.41) is 2.71. The van der Waals surface area contributed by atoms with Crippen molar-refractivity contribution in [3.63, 3.8) is 0 Å². The SMILES string of the molecule is Cc1ccccc1C(=O)N1CCN(C(=O)CNC(=O)c2ccc(-c3ccccc3)cc2)CC1. The second kappa shape index (κ2) is 10.1. The van der Waals surface area contributed by atoms with E-state index in [-0.39, 0.29) is 24.3 Å². The van der Waals surface area contributed by atoms with E-state index in [0.717, 1.165) is 16.7 Å². The molecule has 0 atom stereocenters. The first-order valence-corrected chi connectivity index (χ1v) is 11.1. The Kier molecular flexibility index (Phi) is 6.83. The minimum Gasteiger partial charge on any atom is -0.343 e. The van der Waals surface area contributed by atoms with Gasteiger partial charge in [-0.3, -0.25) is 14.4 Å². The van der Waals surface area contributed by atoms with Crippen molar-refractivity contribution in [3.8, 4) is 11.1 Å². The molecule has 1 aliphatic rings. The fourth-order valence-corrected chi connectivity index (χ4v) is 3.96. The molecule has 1 saturated heterocycles. The number of carbonyl (C=O) groups is 3. The zero-order chi connectivity index (χ0) is 23.2. The van der Waals surface area contributed by atoms with Crippen molar-refractivity contribution in [2.24, 2.45) is 0 Å². The van der Waals surface area contributed by atoms with E-state index in [9.17, 15) is 14.4 Å². The van der Waals surface area contributed by atoms with Crippen LogP contribution in [0.2, 0.25) is 0 Å². The summed E-state index contributed by atoms with van der Waals surface area (Å²) in [7, 11) is 0. The van der Waals surface area contributed by atoms with Crippen LogP contribution in [0.15, 0.2) is 78.9 Å². The number of nitrogens with zero attached hydrogens (tertiary/aromatic N) is 2. The van der Waals surface area contributed by atoms with Crippen LogP contribution in [0.4, 0.5) is 0 Å². The number of amides is 3. The van der Waals surface area contributed by atoms with Gasteiger partial charge in [-0.05, 0) is 41.8 Å². The largest absolute Gasteiger partial charge is 0.343 e. The summed E-state index contributed by atoms with van der Waals surface area (Å²) in [6.45, 7) is 3.73. The van der Waals surface area contributed by atoms with Crippen molar-refractivity contribution >= 4 is 17.7 Å². The molecule has 0 bridgehead atoms. The minimum atomic E-state index is -0.281. The number of carbonyl (C=O) groups excluding carboxylic acids is 3. The van der Waals surface area contributed by atoms with Crippen LogP contribution in [0.3, 0.4) is 0 Å². The number of hydrogen-bond donors (Lipinski definition) is 1. The van der Waals surface area contributed by atoms with Gasteiger partial charge in [0, 0.05) is 37.3 Å². The number of benzene rings is 3. The van der Waals surface area contributed by atoms with Gasteiger partial charge in [0.15, 0.2) is 0 Å². The van der Waals surface area contributed by atoms with E-state index in [4.69, 9.17) is 0 Å². The summed E-state index contributed by atoms with van der Waals surface area (Å²) < 4.78 is 0. The van der Waals surface area contributed by atoms with Gasteiger partial charge in [-0.25, -0.2) is 0 Å². The predicted molar refractivity (Wildman–Crippen MR) is 128 cm³/mol. The second-order valence-electron chi connectivity index (χ2n) is 8.11. The summed E-state index contributed by atoms with van der Waals surface area (Å²) in [6, 6.07) is 24.8. The van der Waals surface area contributed by atoms with Gasteiger partial charge >= 0.3 is 0 Å². The highest BCUT2D eigenvalue weighted by Gasteiger charge is 2.25. The highest BCUT2D eigenvalue weighted by molar-refractivity contribution is 5.97. The summed E-state index contributed by atoms with van der Waals surface area (Å²) in [5.74, 6) is -0.434. The summed E-state index contributed by atoms with van der Waals surface area (Å²) >= 11 is 0. The molecule has 3 aromatic rings. The molecule has 0 aliphatic carbocycles. The lowest BCUT2D eigenvalue weighted by Gasteiger charge is -2.35. The lowest BCUT2D eigenvalue weighted by molar-refractivity contribution is -0.131. The average molecular weight is 442 g/mol. The zero-order valence-electron chi connectivity index (χ0n) is 18.7. The van der Waals surface area contributed by atoms with E-state index in [1.807, 2.05) is 73.7 Å². The van der Waals surface area contributed by atoms with Crippen molar-refractivity contribution in [3.05, 3.63) is 95.6 Å². The molecule has 0 aromatic heterocycles. The smallest absolute Gasteiger partial charge is 0.254 e. The molecule has 1 fully saturated rings. The molecule has 0 spiro atoms. The van der Waals surface area contributed by atoms with Crippen LogP contribution in [0.25, 0.3) is 11.1 Å². The van der Waals surface area contributed by atoms with Gasteiger partial charge < -0.3 is 15.1 Å². The van der Waals surface area contributed by atoms with E-state index in [0.29, 0.717) is 37.3 Å². The molecule has 0 unspecified atom stereocenters. The van der Waals surface area contributed by atoms with Crippen LogP contribution in [0.1, 0.15) is 26.3 Å². The Bertz CT molecular complexity index is 1130. The molecule has 0 radical (unpaired) electrons. The molecule has 3 aromatic carbocycles. The van der Waals surface area contributed by atoms with Gasteiger partial charge in [0.25, 0.3) is 11.8 Å². The van der Waals surface area contributed by atoms with Crippen molar-refractivity contribution in [1.82, 2.24) is 15.1 Å². The maximum atomic E-state index is 12.7. The van der Waals surface area contributed by atoms with Gasteiger partial charge in [0.1, 0.15) is 0 Å². The number of rotatable bonds is 5. The molecular formula is C27H27N3O3. The van der Waals surface area contributed by atoms with Crippen LogP contribution in [0.5, 0.6) is 0 Å². The molecule has 6 nitrogen and oxygen atoms in total. The predicted octanol–water partition coefficient (Wildman–Crippen LogP) is 3.38. The number of nitrogens with one attached hydrogen (secondary N) is 1. The molecule has 33 heavy (non-hydrogen) atoms. The average Bonchev–Trinajstić information content (AvgIpc) is 2.87. The Morgan fingerprint density at radius 1 is 0.727 bits per heavy atom. The van der Waals surface area contributed by atoms with Crippen molar-refractivity contribution in [2.45, 2.75) is 6.92 Å². The molecule has 1 heterocycles. The lowest BCUT2D eigenvalue weighted by atomic mass is 10.0. The third-order valence-corrected chi connectivity index (χ3v) is 5.95. The minimum absolute atomic E-state index is 0.00699. The first-order chi connectivity index (χ1) is 16.0. The van der Waals surface area contributed by atoms with Crippen LogP contribution >= 0.6 is 0 Å². The second-order valence-corrected chi connectivity index (χ2v) is 8.11. The number of piperazine rings is 1. The molecular weight excluding hydrogens is 414 g/mol. The molecule has 0 saturated carbocycles. The van der Waals surface area contributed by atoms with E-state index in [2.05, 4.69) is 5.32 Å². The molecule has 1 aliphatic heterocycles. The van der Waals surface area contributed by atoms with E-state index in [1.54, 1.807) is 21.9 Å².